The third-order valence-corrected chi connectivity index (χ3v) is 3.25. The first-order valence-electron chi connectivity index (χ1n) is 7.07. The summed E-state index contributed by atoms with van der Waals surface area (Å²) in [5.41, 5.74) is 7.05. The van der Waals surface area contributed by atoms with E-state index in [0.29, 0.717) is 24.6 Å². The van der Waals surface area contributed by atoms with E-state index in [1.54, 1.807) is 12.1 Å². The molecule has 0 saturated heterocycles. The van der Waals surface area contributed by atoms with E-state index >= 15 is 0 Å². The minimum absolute atomic E-state index is 0.0722. The lowest BCUT2D eigenvalue weighted by molar-refractivity contribution is -0.143. The van der Waals surface area contributed by atoms with E-state index in [2.05, 4.69) is 0 Å². The van der Waals surface area contributed by atoms with E-state index in [-0.39, 0.29) is 19.1 Å². The van der Waals surface area contributed by atoms with Gasteiger partial charge in [0.2, 0.25) is 0 Å². The minimum Gasteiger partial charge on any atom is -0.482 e. The third kappa shape index (κ3) is 3.72. The standard InChI is InChI=1S/C15H20N2O4/c1-2-3-6-20-15(19)9-17-12-7-11(8-16)4-5-13(12)21-10-14(17)18/h4-5,7H,2-3,6,8-10,16H2,1H3. The Morgan fingerprint density at radius 1 is 1.48 bits per heavy atom. The highest BCUT2D eigenvalue weighted by molar-refractivity contribution is 6.01. The molecule has 1 aliphatic heterocycles. The smallest absolute Gasteiger partial charge is 0.326 e. The fourth-order valence-electron chi connectivity index (χ4n) is 2.05. The molecule has 0 radical (unpaired) electrons. The van der Waals surface area contributed by atoms with Crippen LogP contribution < -0.4 is 15.4 Å². The lowest BCUT2D eigenvalue weighted by Crippen LogP contribution is -2.42. The predicted molar refractivity (Wildman–Crippen MR) is 78.0 cm³/mol. The molecule has 1 amide bonds. The number of carbonyl (C=O) groups excluding carboxylic acids is 2. The van der Waals surface area contributed by atoms with Gasteiger partial charge in [0.15, 0.2) is 6.61 Å². The van der Waals surface area contributed by atoms with Crippen molar-refractivity contribution >= 4 is 17.6 Å². The van der Waals surface area contributed by atoms with Crippen LogP contribution in [-0.2, 0) is 20.9 Å². The van der Waals surface area contributed by atoms with Gasteiger partial charge in [-0.25, -0.2) is 0 Å². The van der Waals surface area contributed by atoms with E-state index in [0.717, 1.165) is 18.4 Å². The van der Waals surface area contributed by atoms with Crippen molar-refractivity contribution in [3.8, 4) is 5.75 Å². The Labute approximate surface area is 123 Å². The fourth-order valence-corrected chi connectivity index (χ4v) is 2.05. The molecule has 0 aromatic heterocycles. The van der Waals surface area contributed by atoms with Crippen molar-refractivity contribution in [3.63, 3.8) is 0 Å². The maximum Gasteiger partial charge on any atom is 0.326 e. The number of rotatable bonds is 6. The van der Waals surface area contributed by atoms with Gasteiger partial charge >= 0.3 is 5.97 Å². The third-order valence-electron chi connectivity index (χ3n) is 3.25. The molecule has 2 rings (SSSR count). The molecule has 0 saturated carbocycles. The van der Waals surface area contributed by atoms with Crippen LogP contribution in [0.3, 0.4) is 0 Å². The van der Waals surface area contributed by atoms with Crippen LogP contribution in [0.5, 0.6) is 5.75 Å². The fraction of sp³-hybridized carbons (Fsp3) is 0.467. The summed E-state index contributed by atoms with van der Waals surface area (Å²) in [6.07, 6.45) is 1.77. The van der Waals surface area contributed by atoms with Crippen molar-refractivity contribution in [3.05, 3.63) is 23.8 Å². The second kappa shape index (κ2) is 7.08. The highest BCUT2D eigenvalue weighted by atomic mass is 16.5. The van der Waals surface area contributed by atoms with Crippen LogP contribution in [0.25, 0.3) is 0 Å². The summed E-state index contributed by atoms with van der Waals surface area (Å²) >= 11 is 0. The molecule has 0 unspecified atom stereocenters. The van der Waals surface area contributed by atoms with Crippen LogP contribution in [0.15, 0.2) is 18.2 Å². The highest BCUT2D eigenvalue weighted by Gasteiger charge is 2.27. The van der Waals surface area contributed by atoms with Gasteiger partial charge in [0, 0.05) is 6.54 Å². The lowest BCUT2D eigenvalue weighted by atomic mass is 10.1. The van der Waals surface area contributed by atoms with E-state index < -0.39 is 5.97 Å². The molecule has 0 bridgehead atoms. The number of ether oxygens (including phenoxy) is 2. The molecule has 1 aromatic carbocycles. The molecule has 114 valence electrons. The second-order valence-electron chi connectivity index (χ2n) is 4.85. The number of unbranched alkanes of at least 4 members (excludes halogenated alkanes) is 1. The van der Waals surface area contributed by atoms with Crippen molar-refractivity contribution in [1.82, 2.24) is 0 Å². The molecule has 0 atom stereocenters. The predicted octanol–water partition coefficient (Wildman–Crippen LogP) is 1.21. The van der Waals surface area contributed by atoms with Gasteiger partial charge in [0.25, 0.3) is 5.91 Å². The number of hydrogen-bond donors (Lipinski definition) is 1. The second-order valence-corrected chi connectivity index (χ2v) is 4.85. The first-order chi connectivity index (χ1) is 10.2. The molecule has 0 fully saturated rings. The Morgan fingerprint density at radius 2 is 2.29 bits per heavy atom. The van der Waals surface area contributed by atoms with Crippen molar-refractivity contribution in [1.29, 1.82) is 0 Å². The Bertz CT molecular complexity index is 530. The van der Waals surface area contributed by atoms with E-state index in [9.17, 15) is 9.59 Å². The SMILES string of the molecule is CCCCOC(=O)CN1C(=O)COc2ccc(CN)cc21. The molecule has 0 aliphatic carbocycles. The maximum atomic E-state index is 12.0. The van der Waals surface area contributed by atoms with Gasteiger partial charge in [0.05, 0.1) is 12.3 Å². The molecule has 6 heteroatoms. The Morgan fingerprint density at radius 3 is 3.00 bits per heavy atom. The molecule has 0 spiro atoms. The van der Waals surface area contributed by atoms with Gasteiger partial charge in [-0.15, -0.1) is 0 Å². The van der Waals surface area contributed by atoms with Gasteiger partial charge in [-0.05, 0) is 24.1 Å². The van der Waals surface area contributed by atoms with Crippen LogP contribution in [0.2, 0.25) is 0 Å². The van der Waals surface area contributed by atoms with E-state index in [1.165, 1.54) is 4.90 Å². The summed E-state index contributed by atoms with van der Waals surface area (Å²) in [6, 6.07) is 5.37. The van der Waals surface area contributed by atoms with Crippen LogP contribution in [0.4, 0.5) is 5.69 Å². The average molecular weight is 292 g/mol. The molecule has 6 nitrogen and oxygen atoms in total. The molecule has 1 aliphatic rings. The van der Waals surface area contributed by atoms with Gasteiger partial charge in [-0.1, -0.05) is 19.4 Å². The number of esters is 1. The zero-order valence-electron chi connectivity index (χ0n) is 12.1. The van der Waals surface area contributed by atoms with Crippen LogP contribution in [0.1, 0.15) is 25.3 Å². The maximum absolute atomic E-state index is 12.0. The first-order valence-corrected chi connectivity index (χ1v) is 7.07. The lowest BCUT2D eigenvalue weighted by Gasteiger charge is -2.29. The van der Waals surface area contributed by atoms with Gasteiger partial charge in [-0.2, -0.15) is 0 Å². The van der Waals surface area contributed by atoms with Crippen molar-refractivity contribution in [2.24, 2.45) is 5.73 Å². The summed E-state index contributed by atoms with van der Waals surface area (Å²) in [5, 5.41) is 0. The van der Waals surface area contributed by atoms with Crippen LogP contribution in [0, 0.1) is 0 Å². The van der Waals surface area contributed by atoms with Gasteiger partial charge < -0.3 is 15.2 Å². The molecule has 1 aromatic rings. The van der Waals surface area contributed by atoms with Crippen molar-refractivity contribution in [2.75, 3.05) is 24.7 Å². The van der Waals surface area contributed by atoms with Crippen LogP contribution >= 0.6 is 0 Å². The summed E-state index contributed by atoms with van der Waals surface area (Å²) in [5.74, 6) is -0.0972. The number of amides is 1. The number of nitrogens with two attached hydrogens (primary N) is 1. The summed E-state index contributed by atoms with van der Waals surface area (Å²) in [7, 11) is 0. The Hall–Kier alpha value is -2.08. The van der Waals surface area contributed by atoms with E-state index in [4.69, 9.17) is 15.2 Å². The van der Waals surface area contributed by atoms with E-state index in [1.807, 2.05) is 13.0 Å². The Balaban J connectivity index is 2.12. The number of anilines is 1. The number of fused-ring (bicyclic) bond motifs is 1. The monoisotopic (exact) mass is 292 g/mol. The minimum atomic E-state index is -0.414. The van der Waals surface area contributed by atoms with Crippen molar-refractivity contribution in [2.45, 2.75) is 26.3 Å². The zero-order chi connectivity index (χ0) is 15.2. The number of benzene rings is 1. The Kier molecular flexibility index (Phi) is 5.16. The molecule has 2 N–H and O–H groups in total. The largest absolute Gasteiger partial charge is 0.482 e. The van der Waals surface area contributed by atoms with Gasteiger partial charge in [-0.3, -0.25) is 14.5 Å². The summed E-state index contributed by atoms with van der Waals surface area (Å²) in [4.78, 5) is 25.2. The molecule has 1 heterocycles. The molecular weight excluding hydrogens is 272 g/mol. The van der Waals surface area contributed by atoms with Crippen LogP contribution in [-0.4, -0.2) is 31.6 Å². The van der Waals surface area contributed by atoms with Gasteiger partial charge in [0.1, 0.15) is 12.3 Å². The topological polar surface area (TPSA) is 81.9 Å². The quantitative estimate of drug-likeness (QED) is 0.629. The number of nitrogens with zero attached hydrogens (tertiary/aromatic N) is 1. The summed E-state index contributed by atoms with van der Waals surface area (Å²) < 4.78 is 10.5. The number of hydrogen-bond acceptors (Lipinski definition) is 5. The first kappa shape index (κ1) is 15.3. The molecular formula is C15H20N2O4. The number of carbonyl (C=O) groups is 2. The molecule has 21 heavy (non-hydrogen) atoms. The van der Waals surface area contributed by atoms with Crippen molar-refractivity contribution < 1.29 is 19.1 Å². The summed E-state index contributed by atoms with van der Waals surface area (Å²) in [6.45, 7) is 2.58. The average Bonchev–Trinajstić information content (AvgIpc) is 2.50. The normalized spacial score (nSPS) is 13.6. The highest BCUT2D eigenvalue weighted by Crippen LogP contribution is 2.32. The zero-order valence-corrected chi connectivity index (χ0v) is 12.1.